The second kappa shape index (κ2) is 9.16. The molecule has 31 heavy (non-hydrogen) atoms. The molecule has 2 heterocycles. The molecule has 8 heteroatoms. The van der Waals surface area contributed by atoms with Crippen LogP contribution in [0.5, 0.6) is 11.5 Å². The Morgan fingerprint density at radius 1 is 1.06 bits per heavy atom. The van der Waals surface area contributed by atoms with E-state index in [-0.39, 0.29) is 18.0 Å². The van der Waals surface area contributed by atoms with Gasteiger partial charge in [0.15, 0.2) is 17.3 Å². The zero-order chi connectivity index (χ0) is 21.8. The van der Waals surface area contributed by atoms with Crippen LogP contribution in [0.3, 0.4) is 0 Å². The van der Waals surface area contributed by atoms with Gasteiger partial charge in [-0.15, -0.1) is 10.2 Å². The van der Waals surface area contributed by atoms with Crippen LogP contribution in [0.1, 0.15) is 30.7 Å². The van der Waals surface area contributed by atoms with Crippen LogP contribution in [0, 0.1) is 5.82 Å². The van der Waals surface area contributed by atoms with E-state index < -0.39 is 5.82 Å². The van der Waals surface area contributed by atoms with Crippen LogP contribution in [0.4, 0.5) is 10.1 Å². The molecule has 162 valence electrons. The van der Waals surface area contributed by atoms with Gasteiger partial charge in [-0.3, -0.25) is 4.79 Å². The number of carbonyl (C=O) groups excluding carboxylic acids is 1. The van der Waals surface area contributed by atoms with Crippen molar-refractivity contribution in [2.45, 2.75) is 38.6 Å². The molecule has 0 spiro atoms. The zero-order valence-corrected chi connectivity index (χ0v) is 17.7. The summed E-state index contributed by atoms with van der Waals surface area (Å²) in [5, 5.41) is 11.3. The Labute approximate surface area is 180 Å². The number of hydrogen-bond acceptors (Lipinski definition) is 5. The van der Waals surface area contributed by atoms with Crippen molar-refractivity contribution in [1.29, 1.82) is 0 Å². The lowest BCUT2D eigenvalue weighted by Crippen LogP contribution is -2.15. The van der Waals surface area contributed by atoms with Gasteiger partial charge in [-0.05, 0) is 48.7 Å². The summed E-state index contributed by atoms with van der Waals surface area (Å²) in [6.07, 6.45) is 4.28. The monoisotopic (exact) mass is 424 g/mol. The van der Waals surface area contributed by atoms with E-state index in [1.807, 2.05) is 0 Å². The molecule has 7 nitrogen and oxygen atoms in total. The number of nitrogens with one attached hydrogen (secondary N) is 1. The van der Waals surface area contributed by atoms with E-state index in [0.29, 0.717) is 17.3 Å². The van der Waals surface area contributed by atoms with Crippen molar-refractivity contribution in [2.75, 3.05) is 19.5 Å². The lowest BCUT2D eigenvalue weighted by molar-refractivity contribution is -0.115. The van der Waals surface area contributed by atoms with Crippen LogP contribution < -0.4 is 14.8 Å². The number of halogens is 1. The maximum absolute atomic E-state index is 14.4. The minimum atomic E-state index is -0.500. The third kappa shape index (κ3) is 4.52. The highest BCUT2D eigenvalue weighted by Crippen LogP contribution is 2.29. The number of carbonyl (C=O) groups is 1. The Morgan fingerprint density at radius 3 is 2.71 bits per heavy atom. The summed E-state index contributed by atoms with van der Waals surface area (Å²) >= 11 is 0. The summed E-state index contributed by atoms with van der Waals surface area (Å²) in [5.41, 5.74) is 1.58. The first-order valence-corrected chi connectivity index (χ1v) is 10.3. The van der Waals surface area contributed by atoms with E-state index >= 15 is 0 Å². The third-order valence-corrected chi connectivity index (χ3v) is 5.42. The van der Waals surface area contributed by atoms with Crippen LogP contribution >= 0.6 is 0 Å². The SMILES string of the molecule is COc1ccc(CC(=O)Nc2cc(-c3nnc4n3CCCCC4)ccc2F)cc1OC. The molecular weight excluding hydrogens is 399 g/mol. The number of ether oxygens (including phenoxy) is 2. The van der Waals surface area contributed by atoms with E-state index in [1.54, 1.807) is 37.4 Å². The average molecular weight is 424 g/mol. The van der Waals surface area contributed by atoms with Gasteiger partial charge in [0.1, 0.15) is 11.6 Å². The number of fused-ring (bicyclic) bond motifs is 1. The molecule has 0 bridgehead atoms. The summed E-state index contributed by atoms with van der Waals surface area (Å²) < 4.78 is 27.0. The van der Waals surface area contributed by atoms with E-state index in [0.717, 1.165) is 49.2 Å². The number of amides is 1. The fourth-order valence-corrected chi connectivity index (χ4v) is 3.83. The number of benzene rings is 2. The van der Waals surface area contributed by atoms with Gasteiger partial charge in [0, 0.05) is 18.5 Å². The van der Waals surface area contributed by atoms with Crippen molar-refractivity contribution in [3.8, 4) is 22.9 Å². The van der Waals surface area contributed by atoms with Crippen LogP contribution in [0.15, 0.2) is 36.4 Å². The van der Waals surface area contributed by atoms with Crippen molar-refractivity contribution in [3.63, 3.8) is 0 Å². The largest absolute Gasteiger partial charge is 0.493 e. The molecule has 0 fully saturated rings. The highest BCUT2D eigenvalue weighted by atomic mass is 19.1. The molecular formula is C23H25FN4O3. The van der Waals surface area contributed by atoms with E-state index in [9.17, 15) is 9.18 Å². The Balaban J connectivity index is 1.53. The summed E-state index contributed by atoms with van der Waals surface area (Å²) in [6.45, 7) is 0.843. The molecule has 1 aliphatic rings. The minimum Gasteiger partial charge on any atom is -0.493 e. The predicted molar refractivity (Wildman–Crippen MR) is 115 cm³/mol. The molecule has 3 aromatic rings. The fourth-order valence-electron chi connectivity index (χ4n) is 3.83. The molecule has 1 amide bonds. The molecule has 0 saturated heterocycles. The van der Waals surface area contributed by atoms with E-state index in [2.05, 4.69) is 20.1 Å². The number of anilines is 1. The average Bonchev–Trinajstić information content (AvgIpc) is 3.03. The highest BCUT2D eigenvalue weighted by molar-refractivity contribution is 5.93. The predicted octanol–water partition coefficient (Wildman–Crippen LogP) is 4.01. The van der Waals surface area contributed by atoms with Crippen LogP contribution in [-0.4, -0.2) is 34.9 Å². The van der Waals surface area contributed by atoms with Gasteiger partial charge in [-0.2, -0.15) is 0 Å². The fraction of sp³-hybridized carbons (Fsp3) is 0.348. The lowest BCUT2D eigenvalue weighted by Gasteiger charge is -2.12. The summed E-state index contributed by atoms with van der Waals surface area (Å²) in [5.74, 6) is 1.94. The molecule has 0 aliphatic carbocycles. The van der Waals surface area contributed by atoms with Crippen molar-refractivity contribution < 1.29 is 18.7 Å². The smallest absolute Gasteiger partial charge is 0.228 e. The summed E-state index contributed by atoms with van der Waals surface area (Å²) in [7, 11) is 3.09. The topological polar surface area (TPSA) is 78.3 Å². The van der Waals surface area contributed by atoms with Crippen molar-refractivity contribution in [3.05, 3.63) is 53.6 Å². The van der Waals surface area contributed by atoms with Gasteiger partial charge in [0.2, 0.25) is 5.91 Å². The van der Waals surface area contributed by atoms with Gasteiger partial charge < -0.3 is 19.4 Å². The van der Waals surface area contributed by atoms with Crippen LogP contribution in [0.2, 0.25) is 0 Å². The Hall–Kier alpha value is -3.42. The highest BCUT2D eigenvalue weighted by Gasteiger charge is 2.18. The number of aromatic nitrogens is 3. The quantitative estimate of drug-likeness (QED) is 0.647. The minimum absolute atomic E-state index is 0.0738. The number of methoxy groups -OCH3 is 2. The van der Waals surface area contributed by atoms with Crippen LogP contribution in [-0.2, 0) is 24.2 Å². The first kappa shape index (κ1) is 20.8. The number of nitrogens with zero attached hydrogens (tertiary/aromatic N) is 3. The Morgan fingerprint density at radius 2 is 1.90 bits per heavy atom. The molecule has 0 unspecified atom stereocenters. The van der Waals surface area contributed by atoms with Gasteiger partial charge in [0.25, 0.3) is 0 Å². The molecule has 0 atom stereocenters. The number of rotatable bonds is 6. The zero-order valence-electron chi connectivity index (χ0n) is 17.7. The lowest BCUT2D eigenvalue weighted by atomic mass is 10.1. The molecule has 2 aromatic carbocycles. The summed E-state index contributed by atoms with van der Waals surface area (Å²) in [4.78, 5) is 12.6. The molecule has 4 rings (SSSR count). The first-order chi connectivity index (χ1) is 15.1. The standard InChI is InChI=1S/C23H25FN4O3/c1-30-19-10-7-15(12-20(19)31-2)13-22(29)25-18-14-16(8-9-17(18)24)23-27-26-21-6-4-3-5-11-28(21)23/h7-10,12,14H,3-6,11,13H2,1-2H3,(H,25,29). The third-order valence-electron chi connectivity index (χ3n) is 5.42. The van der Waals surface area contributed by atoms with Gasteiger partial charge in [0.05, 0.1) is 26.3 Å². The van der Waals surface area contributed by atoms with E-state index in [4.69, 9.17) is 9.47 Å². The van der Waals surface area contributed by atoms with Gasteiger partial charge in [-0.25, -0.2) is 4.39 Å². The maximum Gasteiger partial charge on any atom is 0.228 e. The Bertz CT molecular complexity index is 1100. The first-order valence-electron chi connectivity index (χ1n) is 10.3. The maximum atomic E-state index is 14.4. The molecule has 1 aliphatic heterocycles. The molecule has 0 radical (unpaired) electrons. The molecule has 1 aromatic heterocycles. The normalized spacial score (nSPS) is 13.3. The number of hydrogen-bond donors (Lipinski definition) is 1. The van der Waals surface area contributed by atoms with Crippen molar-refractivity contribution in [1.82, 2.24) is 14.8 Å². The van der Waals surface area contributed by atoms with Crippen molar-refractivity contribution >= 4 is 11.6 Å². The number of aryl methyl sites for hydroxylation is 1. The Kier molecular flexibility index (Phi) is 6.16. The van der Waals surface area contributed by atoms with Gasteiger partial charge >= 0.3 is 0 Å². The molecule has 1 N–H and O–H groups in total. The molecule has 0 saturated carbocycles. The van der Waals surface area contributed by atoms with Gasteiger partial charge in [-0.1, -0.05) is 12.5 Å². The van der Waals surface area contributed by atoms with E-state index in [1.165, 1.54) is 13.2 Å². The second-order valence-electron chi connectivity index (χ2n) is 7.51. The second-order valence-corrected chi connectivity index (χ2v) is 7.51. The van der Waals surface area contributed by atoms with Crippen LogP contribution in [0.25, 0.3) is 11.4 Å². The summed E-state index contributed by atoms with van der Waals surface area (Å²) in [6, 6.07) is 9.88. The van der Waals surface area contributed by atoms with Crippen molar-refractivity contribution in [2.24, 2.45) is 0 Å².